The highest BCUT2D eigenvalue weighted by Crippen LogP contribution is 2.31. The number of carbonyl (C=O) groups is 1. The van der Waals surface area contributed by atoms with Crippen LogP contribution in [-0.4, -0.2) is 44.7 Å². The molecule has 5 heteroatoms. The van der Waals surface area contributed by atoms with Crippen LogP contribution in [0.3, 0.4) is 0 Å². The van der Waals surface area contributed by atoms with Crippen LogP contribution in [0.2, 0.25) is 0 Å². The topological polar surface area (TPSA) is 64.8 Å². The van der Waals surface area contributed by atoms with Gasteiger partial charge in [-0.3, -0.25) is 4.79 Å². The van der Waals surface area contributed by atoms with Crippen molar-refractivity contribution < 1.29 is 14.3 Å². The lowest BCUT2D eigenvalue weighted by molar-refractivity contribution is 0.0696. The summed E-state index contributed by atoms with van der Waals surface area (Å²) in [5.41, 5.74) is 6.35. The molecule has 1 aromatic rings. The SMILES string of the molecule is COc1ccc(OC)c(C(=O)N(C)C2CCCC2CN)c1. The van der Waals surface area contributed by atoms with Gasteiger partial charge in [-0.25, -0.2) is 0 Å². The molecule has 0 radical (unpaired) electrons. The highest BCUT2D eigenvalue weighted by molar-refractivity contribution is 5.97. The summed E-state index contributed by atoms with van der Waals surface area (Å²) >= 11 is 0. The van der Waals surface area contributed by atoms with Crippen molar-refractivity contribution in [1.82, 2.24) is 4.90 Å². The van der Waals surface area contributed by atoms with Gasteiger partial charge in [0, 0.05) is 13.1 Å². The number of hydrogen-bond acceptors (Lipinski definition) is 4. The molecular formula is C16H24N2O3. The molecule has 0 aliphatic heterocycles. The molecule has 1 saturated carbocycles. The smallest absolute Gasteiger partial charge is 0.257 e. The van der Waals surface area contributed by atoms with Gasteiger partial charge in [0.2, 0.25) is 0 Å². The largest absolute Gasteiger partial charge is 0.497 e. The van der Waals surface area contributed by atoms with Crippen molar-refractivity contribution in [3.05, 3.63) is 23.8 Å². The third-order valence-electron chi connectivity index (χ3n) is 4.38. The molecule has 1 fully saturated rings. The Balaban J connectivity index is 2.26. The molecular weight excluding hydrogens is 268 g/mol. The van der Waals surface area contributed by atoms with Gasteiger partial charge in [-0.05, 0) is 43.5 Å². The van der Waals surface area contributed by atoms with Crippen molar-refractivity contribution >= 4 is 5.91 Å². The first kappa shape index (κ1) is 15.6. The lowest BCUT2D eigenvalue weighted by atomic mass is 10.0. The number of hydrogen-bond donors (Lipinski definition) is 1. The minimum atomic E-state index is -0.0453. The van der Waals surface area contributed by atoms with E-state index in [9.17, 15) is 4.79 Å². The Morgan fingerprint density at radius 3 is 2.71 bits per heavy atom. The van der Waals surface area contributed by atoms with E-state index in [-0.39, 0.29) is 11.9 Å². The number of nitrogens with two attached hydrogens (primary N) is 1. The summed E-state index contributed by atoms with van der Waals surface area (Å²) in [5.74, 6) is 1.55. The standard InChI is InChI=1S/C16H24N2O3/c1-18(14-6-4-5-11(14)10-17)16(19)13-9-12(20-2)7-8-15(13)21-3/h7-9,11,14H,4-6,10,17H2,1-3H3. The van der Waals surface area contributed by atoms with E-state index in [1.807, 2.05) is 11.9 Å². The van der Waals surface area contributed by atoms with Crippen molar-refractivity contribution in [2.24, 2.45) is 11.7 Å². The molecule has 116 valence electrons. The zero-order chi connectivity index (χ0) is 15.4. The molecule has 2 rings (SSSR count). The molecule has 0 saturated heterocycles. The maximum absolute atomic E-state index is 12.8. The Morgan fingerprint density at radius 2 is 2.10 bits per heavy atom. The fourth-order valence-electron chi connectivity index (χ4n) is 3.12. The molecule has 1 aliphatic rings. The van der Waals surface area contributed by atoms with Crippen LogP contribution in [0.5, 0.6) is 11.5 Å². The summed E-state index contributed by atoms with van der Waals surface area (Å²) < 4.78 is 10.5. The second-order valence-electron chi connectivity index (χ2n) is 5.48. The summed E-state index contributed by atoms with van der Waals surface area (Å²) in [7, 11) is 5.00. The van der Waals surface area contributed by atoms with Crippen molar-refractivity contribution in [2.45, 2.75) is 25.3 Å². The quantitative estimate of drug-likeness (QED) is 0.900. The number of benzene rings is 1. The Bertz CT molecular complexity index is 504. The van der Waals surface area contributed by atoms with Gasteiger partial charge in [0.05, 0.1) is 19.8 Å². The third kappa shape index (κ3) is 3.13. The van der Waals surface area contributed by atoms with E-state index < -0.39 is 0 Å². The summed E-state index contributed by atoms with van der Waals surface area (Å²) in [6.07, 6.45) is 3.23. The number of carbonyl (C=O) groups excluding carboxylic acids is 1. The molecule has 0 spiro atoms. The molecule has 2 N–H and O–H groups in total. The van der Waals surface area contributed by atoms with Crippen molar-refractivity contribution in [3.63, 3.8) is 0 Å². The molecule has 5 nitrogen and oxygen atoms in total. The number of ether oxygens (including phenoxy) is 2. The average Bonchev–Trinajstić information content (AvgIpc) is 3.01. The van der Waals surface area contributed by atoms with E-state index in [4.69, 9.17) is 15.2 Å². The monoisotopic (exact) mass is 292 g/mol. The van der Waals surface area contributed by atoms with Gasteiger partial charge in [0.15, 0.2) is 0 Å². The zero-order valence-corrected chi connectivity index (χ0v) is 13.0. The highest BCUT2D eigenvalue weighted by atomic mass is 16.5. The Morgan fingerprint density at radius 1 is 1.33 bits per heavy atom. The van der Waals surface area contributed by atoms with Crippen LogP contribution < -0.4 is 15.2 Å². The van der Waals surface area contributed by atoms with Crippen LogP contribution in [0, 0.1) is 5.92 Å². The van der Waals surface area contributed by atoms with Crippen molar-refractivity contribution in [2.75, 3.05) is 27.8 Å². The molecule has 0 bridgehead atoms. The van der Waals surface area contributed by atoms with Crippen molar-refractivity contribution in [3.8, 4) is 11.5 Å². The lowest BCUT2D eigenvalue weighted by Gasteiger charge is -2.29. The van der Waals surface area contributed by atoms with Crippen LogP contribution in [0.15, 0.2) is 18.2 Å². The normalized spacial score (nSPS) is 21.1. The molecule has 1 amide bonds. The molecule has 0 aromatic heterocycles. The Kier molecular flexibility index (Phi) is 5.07. The van der Waals surface area contributed by atoms with Crippen LogP contribution in [0.4, 0.5) is 0 Å². The van der Waals surface area contributed by atoms with Crippen LogP contribution in [0.1, 0.15) is 29.6 Å². The van der Waals surface area contributed by atoms with E-state index in [0.717, 1.165) is 19.3 Å². The van der Waals surface area contributed by atoms with Gasteiger partial charge < -0.3 is 20.1 Å². The first-order chi connectivity index (χ1) is 10.1. The van der Waals surface area contributed by atoms with Gasteiger partial charge in [0.25, 0.3) is 5.91 Å². The van der Waals surface area contributed by atoms with E-state index in [1.54, 1.807) is 32.4 Å². The zero-order valence-electron chi connectivity index (χ0n) is 13.0. The molecule has 2 unspecified atom stereocenters. The summed E-state index contributed by atoms with van der Waals surface area (Å²) in [5, 5.41) is 0. The van der Waals surface area contributed by atoms with Crippen molar-refractivity contribution in [1.29, 1.82) is 0 Å². The van der Waals surface area contributed by atoms with Crippen LogP contribution in [-0.2, 0) is 0 Å². The molecule has 0 heterocycles. The van der Waals surface area contributed by atoms with E-state index in [0.29, 0.717) is 29.5 Å². The third-order valence-corrected chi connectivity index (χ3v) is 4.38. The van der Waals surface area contributed by atoms with Gasteiger partial charge in [0.1, 0.15) is 11.5 Å². The van der Waals surface area contributed by atoms with Gasteiger partial charge in [-0.2, -0.15) is 0 Å². The number of rotatable bonds is 5. The Hall–Kier alpha value is -1.75. The van der Waals surface area contributed by atoms with Gasteiger partial charge in [-0.15, -0.1) is 0 Å². The second-order valence-corrected chi connectivity index (χ2v) is 5.48. The van der Waals surface area contributed by atoms with Gasteiger partial charge in [-0.1, -0.05) is 6.42 Å². The predicted molar refractivity (Wildman–Crippen MR) is 81.8 cm³/mol. The highest BCUT2D eigenvalue weighted by Gasteiger charge is 2.33. The Labute approximate surface area is 126 Å². The number of methoxy groups -OCH3 is 2. The first-order valence-electron chi connectivity index (χ1n) is 7.31. The van der Waals surface area contributed by atoms with Crippen LogP contribution >= 0.6 is 0 Å². The van der Waals surface area contributed by atoms with E-state index >= 15 is 0 Å². The number of amides is 1. The van der Waals surface area contributed by atoms with Gasteiger partial charge >= 0.3 is 0 Å². The fraction of sp³-hybridized carbons (Fsp3) is 0.562. The predicted octanol–water partition coefficient (Wildman–Crippen LogP) is 1.90. The maximum atomic E-state index is 12.8. The van der Waals surface area contributed by atoms with E-state index in [2.05, 4.69) is 0 Å². The summed E-state index contributed by atoms with van der Waals surface area (Å²) in [6, 6.07) is 5.48. The molecule has 1 aromatic carbocycles. The maximum Gasteiger partial charge on any atom is 0.257 e. The average molecular weight is 292 g/mol. The van der Waals surface area contributed by atoms with Crippen LogP contribution in [0.25, 0.3) is 0 Å². The number of nitrogens with zero attached hydrogens (tertiary/aromatic N) is 1. The fourth-order valence-corrected chi connectivity index (χ4v) is 3.12. The second kappa shape index (κ2) is 6.80. The lowest BCUT2D eigenvalue weighted by Crippen LogP contribution is -2.41. The van der Waals surface area contributed by atoms with E-state index in [1.165, 1.54) is 0 Å². The minimum absolute atomic E-state index is 0.0453. The summed E-state index contributed by atoms with van der Waals surface area (Å²) in [6.45, 7) is 0.623. The molecule has 21 heavy (non-hydrogen) atoms. The molecule has 2 atom stereocenters. The minimum Gasteiger partial charge on any atom is -0.497 e. The first-order valence-corrected chi connectivity index (χ1v) is 7.31. The summed E-state index contributed by atoms with van der Waals surface area (Å²) in [4.78, 5) is 14.6. The molecule has 1 aliphatic carbocycles.